The number of ether oxygens (including phenoxy) is 1. The van der Waals surface area contributed by atoms with Crippen molar-refractivity contribution in [1.29, 1.82) is 0 Å². The molecule has 3 heteroatoms. The zero-order valence-electron chi connectivity index (χ0n) is 13.7. The summed E-state index contributed by atoms with van der Waals surface area (Å²) >= 11 is 0. The fourth-order valence-corrected chi connectivity index (χ4v) is 4.16. The van der Waals surface area contributed by atoms with Gasteiger partial charge in [-0.1, -0.05) is 52.4 Å². The maximum absolute atomic E-state index is 12.6. The quantitative estimate of drug-likeness (QED) is 0.553. The molecule has 0 N–H and O–H groups in total. The molecule has 2 fully saturated rings. The van der Waals surface area contributed by atoms with Crippen molar-refractivity contribution < 1.29 is 14.3 Å². The van der Waals surface area contributed by atoms with Crippen LogP contribution in [-0.4, -0.2) is 11.9 Å². The lowest BCUT2D eigenvalue weighted by Gasteiger charge is -2.37. The molecule has 2 rings (SSSR count). The summed E-state index contributed by atoms with van der Waals surface area (Å²) in [6.07, 6.45) is 11.8. The lowest BCUT2D eigenvalue weighted by Crippen LogP contribution is -2.41. The molecule has 0 amide bonds. The summed E-state index contributed by atoms with van der Waals surface area (Å²) in [5.74, 6) is -0.485. The Balaban J connectivity index is 2.05. The van der Waals surface area contributed by atoms with Crippen LogP contribution in [0.4, 0.5) is 0 Å². The minimum Gasteiger partial charge on any atom is -0.392 e. The SMILES string of the molecule is CCC1(C(=O)OC(=O)C2(CC)CCCCC2)CCCCC1. The predicted octanol–water partition coefficient (Wildman–Crippen LogP) is 4.78. The minimum atomic E-state index is -0.391. The Morgan fingerprint density at radius 2 is 1.05 bits per heavy atom. The molecular formula is C18H30O3. The van der Waals surface area contributed by atoms with Gasteiger partial charge in [0.2, 0.25) is 0 Å². The van der Waals surface area contributed by atoms with Gasteiger partial charge in [0.05, 0.1) is 10.8 Å². The van der Waals surface area contributed by atoms with Gasteiger partial charge in [0.15, 0.2) is 0 Å². The van der Waals surface area contributed by atoms with Gasteiger partial charge < -0.3 is 4.74 Å². The normalized spacial score (nSPS) is 24.3. The third kappa shape index (κ3) is 3.32. The van der Waals surface area contributed by atoms with Gasteiger partial charge in [-0.3, -0.25) is 9.59 Å². The van der Waals surface area contributed by atoms with Crippen LogP contribution < -0.4 is 0 Å². The van der Waals surface area contributed by atoms with Crippen LogP contribution in [0.2, 0.25) is 0 Å². The molecule has 2 aliphatic carbocycles. The smallest absolute Gasteiger partial charge is 0.319 e. The number of esters is 2. The van der Waals surface area contributed by atoms with Crippen molar-refractivity contribution in [2.75, 3.05) is 0 Å². The van der Waals surface area contributed by atoms with Gasteiger partial charge in [0, 0.05) is 0 Å². The predicted molar refractivity (Wildman–Crippen MR) is 82.7 cm³/mol. The van der Waals surface area contributed by atoms with Crippen LogP contribution >= 0.6 is 0 Å². The van der Waals surface area contributed by atoms with E-state index in [0.29, 0.717) is 0 Å². The van der Waals surface area contributed by atoms with Crippen LogP contribution in [0.3, 0.4) is 0 Å². The Hall–Kier alpha value is -0.860. The molecule has 3 nitrogen and oxygen atoms in total. The molecule has 0 atom stereocenters. The Morgan fingerprint density at radius 3 is 1.33 bits per heavy atom. The van der Waals surface area contributed by atoms with Crippen molar-refractivity contribution in [3.63, 3.8) is 0 Å². The van der Waals surface area contributed by atoms with Crippen LogP contribution in [-0.2, 0) is 14.3 Å². The van der Waals surface area contributed by atoms with E-state index in [-0.39, 0.29) is 11.9 Å². The molecule has 21 heavy (non-hydrogen) atoms. The first-order valence-electron chi connectivity index (χ1n) is 8.85. The molecule has 120 valence electrons. The van der Waals surface area contributed by atoms with Crippen molar-refractivity contribution in [1.82, 2.24) is 0 Å². The van der Waals surface area contributed by atoms with E-state index < -0.39 is 10.8 Å². The Bertz CT molecular complexity index is 338. The van der Waals surface area contributed by atoms with Gasteiger partial charge in [0.1, 0.15) is 0 Å². The largest absolute Gasteiger partial charge is 0.392 e. The van der Waals surface area contributed by atoms with Gasteiger partial charge >= 0.3 is 11.9 Å². The highest BCUT2D eigenvalue weighted by Crippen LogP contribution is 2.43. The number of hydrogen-bond donors (Lipinski definition) is 0. The number of rotatable bonds is 4. The maximum Gasteiger partial charge on any atom is 0.319 e. The lowest BCUT2D eigenvalue weighted by molar-refractivity contribution is -0.177. The monoisotopic (exact) mass is 294 g/mol. The summed E-state index contributed by atoms with van der Waals surface area (Å²) in [4.78, 5) is 25.2. The number of hydrogen-bond acceptors (Lipinski definition) is 3. The van der Waals surface area contributed by atoms with Gasteiger partial charge in [-0.05, 0) is 38.5 Å². The van der Waals surface area contributed by atoms with Crippen LogP contribution in [0.5, 0.6) is 0 Å². The van der Waals surface area contributed by atoms with E-state index in [1.165, 1.54) is 12.8 Å². The van der Waals surface area contributed by atoms with Gasteiger partial charge in [0.25, 0.3) is 0 Å². The molecule has 2 aliphatic rings. The van der Waals surface area contributed by atoms with E-state index in [2.05, 4.69) is 0 Å². The Labute approximate surface area is 128 Å². The third-order valence-corrected chi connectivity index (χ3v) is 6.03. The second kappa shape index (κ2) is 6.93. The zero-order chi connectivity index (χ0) is 15.3. The average Bonchev–Trinajstić information content (AvgIpc) is 2.55. The van der Waals surface area contributed by atoms with Crippen molar-refractivity contribution in [2.45, 2.75) is 90.9 Å². The Kier molecular flexibility index (Phi) is 5.45. The van der Waals surface area contributed by atoms with Gasteiger partial charge in [-0.2, -0.15) is 0 Å². The first-order valence-corrected chi connectivity index (χ1v) is 8.85. The first-order chi connectivity index (χ1) is 10.1. The highest BCUT2D eigenvalue weighted by molar-refractivity contribution is 5.91. The van der Waals surface area contributed by atoms with E-state index in [9.17, 15) is 9.59 Å². The summed E-state index contributed by atoms with van der Waals surface area (Å²) < 4.78 is 5.44. The van der Waals surface area contributed by atoms with Crippen LogP contribution in [0.25, 0.3) is 0 Å². The van der Waals surface area contributed by atoms with Crippen molar-refractivity contribution in [2.24, 2.45) is 10.8 Å². The van der Waals surface area contributed by atoms with E-state index >= 15 is 0 Å². The molecule has 2 saturated carbocycles. The van der Waals surface area contributed by atoms with Gasteiger partial charge in [-0.25, -0.2) is 0 Å². The highest BCUT2D eigenvalue weighted by atomic mass is 16.6. The van der Waals surface area contributed by atoms with Crippen LogP contribution in [0.1, 0.15) is 90.9 Å². The summed E-state index contributed by atoms with van der Waals surface area (Å²) in [5.41, 5.74) is -0.783. The second-order valence-electron chi connectivity index (χ2n) is 7.07. The lowest BCUT2D eigenvalue weighted by atomic mass is 9.71. The van der Waals surface area contributed by atoms with Crippen LogP contribution in [0, 0.1) is 10.8 Å². The van der Waals surface area contributed by atoms with E-state index in [4.69, 9.17) is 4.74 Å². The summed E-state index contributed by atoms with van der Waals surface area (Å²) in [6, 6.07) is 0. The third-order valence-electron chi connectivity index (χ3n) is 6.03. The molecular weight excluding hydrogens is 264 g/mol. The fraction of sp³-hybridized carbons (Fsp3) is 0.889. The van der Waals surface area contributed by atoms with Crippen molar-refractivity contribution in [3.05, 3.63) is 0 Å². The minimum absolute atomic E-state index is 0.243. The summed E-state index contributed by atoms with van der Waals surface area (Å²) in [6.45, 7) is 4.10. The topological polar surface area (TPSA) is 43.4 Å². The summed E-state index contributed by atoms with van der Waals surface area (Å²) in [7, 11) is 0. The summed E-state index contributed by atoms with van der Waals surface area (Å²) in [5, 5.41) is 0. The standard InChI is InChI=1S/C18H30O3/c1-3-17(11-7-5-8-12-17)15(19)21-16(20)18(4-2)13-9-6-10-14-18/h3-14H2,1-2H3. The fourth-order valence-electron chi connectivity index (χ4n) is 4.16. The van der Waals surface area contributed by atoms with E-state index in [0.717, 1.165) is 64.2 Å². The Morgan fingerprint density at radius 1 is 0.714 bits per heavy atom. The van der Waals surface area contributed by atoms with E-state index in [1.54, 1.807) is 0 Å². The van der Waals surface area contributed by atoms with E-state index in [1.807, 2.05) is 13.8 Å². The molecule has 0 unspecified atom stereocenters. The zero-order valence-corrected chi connectivity index (χ0v) is 13.7. The second-order valence-corrected chi connectivity index (χ2v) is 7.07. The van der Waals surface area contributed by atoms with Gasteiger partial charge in [-0.15, -0.1) is 0 Å². The van der Waals surface area contributed by atoms with Crippen molar-refractivity contribution >= 4 is 11.9 Å². The number of carbonyl (C=O) groups excluding carboxylic acids is 2. The molecule has 0 heterocycles. The average molecular weight is 294 g/mol. The molecule has 0 aliphatic heterocycles. The maximum atomic E-state index is 12.6. The molecule has 0 aromatic heterocycles. The van der Waals surface area contributed by atoms with Crippen LogP contribution in [0.15, 0.2) is 0 Å². The molecule has 0 aromatic carbocycles. The molecule has 0 aromatic rings. The molecule has 0 radical (unpaired) electrons. The molecule has 0 bridgehead atoms. The first kappa shape index (κ1) is 16.5. The molecule has 0 saturated heterocycles. The van der Waals surface area contributed by atoms with Crippen molar-refractivity contribution in [3.8, 4) is 0 Å². The molecule has 0 spiro atoms. The highest BCUT2D eigenvalue weighted by Gasteiger charge is 2.45. The number of carbonyl (C=O) groups is 2.